The summed E-state index contributed by atoms with van der Waals surface area (Å²) in [5.74, 6) is 0.499. The lowest BCUT2D eigenvalue weighted by Gasteiger charge is -2.12. The number of carbonyl (C=O) groups excluding carboxylic acids is 1. The number of nitrogens with one attached hydrogen (secondary N) is 1. The molecule has 1 amide bonds. The molecule has 150 valence electrons. The Bertz CT molecular complexity index is 990. The van der Waals surface area contributed by atoms with Crippen LogP contribution in [0.5, 0.6) is 5.75 Å². The van der Waals surface area contributed by atoms with Crippen LogP contribution < -0.4 is 10.1 Å². The number of hydrogen-bond acceptors (Lipinski definition) is 8. The third-order valence-electron chi connectivity index (χ3n) is 3.99. The normalized spacial score (nSPS) is 11.7. The molecule has 1 atom stereocenters. The summed E-state index contributed by atoms with van der Waals surface area (Å²) in [4.78, 5) is 22.6. The lowest BCUT2D eigenvalue weighted by molar-refractivity contribution is -0.384. The van der Waals surface area contributed by atoms with Gasteiger partial charge in [-0.15, -0.1) is 5.10 Å². The molecule has 1 aromatic heterocycles. The van der Waals surface area contributed by atoms with E-state index in [1.807, 2.05) is 24.3 Å². The van der Waals surface area contributed by atoms with Crippen LogP contribution >= 0.6 is 11.8 Å². The quantitative estimate of drug-likeness (QED) is 0.339. The number of aromatic nitrogens is 4. The minimum Gasteiger partial charge on any atom is -0.497 e. The number of amides is 1. The molecule has 0 saturated carbocycles. The molecule has 1 unspecified atom stereocenters. The topological polar surface area (TPSA) is 125 Å². The monoisotopic (exact) mass is 414 g/mol. The molecule has 29 heavy (non-hydrogen) atoms. The molecule has 0 aliphatic rings. The number of thioether (sulfide) groups is 1. The van der Waals surface area contributed by atoms with Crippen LogP contribution in [-0.4, -0.2) is 43.4 Å². The predicted molar refractivity (Wildman–Crippen MR) is 107 cm³/mol. The van der Waals surface area contributed by atoms with Crippen LogP contribution in [0.3, 0.4) is 0 Å². The number of non-ortho nitro benzene ring substituents is 1. The van der Waals surface area contributed by atoms with Crippen LogP contribution in [-0.2, 0) is 11.3 Å². The molecule has 0 fully saturated rings. The molecule has 0 saturated heterocycles. The first kappa shape index (κ1) is 20.3. The van der Waals surface area contributed by atoms with Crippen LogP contribution in [0.2, 0.25) is 0 Å². The predicted octanol–water partition coefficient (Wildman–Crippen LogP) is 2.76. The zero-order valence-electron chi connectivity index (χ0n) is 15.7. The Morgan fingerprint density at radius 3 is 2.55 bits per heavy atom. The van der Waals surface area contributed by atoms with Gasteiger partial charge < -0.3 is 10.1 Å². The van der Waals surface area contributed by atoms with Crippen molar-refractivity contribution in [2.45, 2.75) is 23.9 Å². The average molecular weight is 414 g/mol. The average Bonchev–Trinajstić information content (AvgIpc) is 3.15. The zero-order chi connectivity index (χ0) is 20.8. The summed E-state index contributed by atoms with van der Waals surface area (Å²) < 4.78 is 6.76. The van der Waals surface area contributed by atoms with Gasteiger partial charge in [-0.2, -0.15) is 0 Å². The molecule has 0 aliphatic heterocycles. The van der Waals surface area contributed by atoms with Crippen molar-refractivity contribution in [1.29, 1.82) is 0 Å². The van der Waals surface area contributed by atoms with Gasteiger partial charge in [0, 0.05) is 17.8 Å². The van der Waals surface area contributed by atoms with Gasteiger partial charge in [0.2, 0.25) is 11.1 Å². The molecule has 0 spiro atoms. The number of carbonyl (C=O) groups is 1. The third kappa shape index (κ3) is 5.29. The highest BCUT2D eigenvalue weighted by Crippen LogP contribution is 2.23. The van der Waals surface area contributed by atoms with E-state index in [4.69, 9.17) is 4.74 Å². The molecule has 0 aliphatic carbocycles. The Morgan fingerprint density at radius 2 is 1.93 bits per heavy atom. The molecule has 1 heterocycles. The molecule has 0 bridgehead atoms. The maximum Gasteiger partial charge on any atom is 0.269 e. The number of rotatable bonds is 8. The van der Waals surface area contributed by atoms with E-state index in [0.717, 1.165) is 11.3 Å². The van der Waals surface area contributed by atoms with Gasteiger partial charge in [-0.25, -0.2) is 4.68 Å². The molecule has 10 nitrogen and oxygen atoms in total. The number of nitro benzene ring substituents is 1. The first-order valence-corrected chi connectivity index (χ1v) is 9.45. The van der Waals surface area contributed by atoms with Crippen LogP contribution in [0.4, 0.5) is 11.4 Å². The van der Waals surface area contributed by atoms with E-state index in [1.54, 1.807) is 18.7 Å². The van der Waals surface area contributed by atoms with Crippen molar-refractivity contribution < 1.29 is 14.5 Å². The number of nitro groups is 1. The summed E-state index contributed by atoms with van der Waals surface area (Å²) in [7, 11) is 1.61. The van der Waals surface area contributed by atoms with Crippen molar-refractivity contribution >= 4 is 29.0 Å². The van der Waals surface area contributed by atoms with Crippen LogP contribution in [0.15, 0.2) is 53.7 Å². The SMILES string of the molecule is COc1ccc(Cn2nnnc2SC(C)C(=O)Nc2ccc([N+](=O)[O-])cc2)cc1. The van der Waals surface area contributed by atoms with Crippen LogP contribution in [0, 0.1) is 10.1 Å². The van der Waals surface area contributed by atoms with E-state index in [-0.39, 0.29) is 11.6 Å². The van der Waals surface area contributed by atoms with E-state index in [2.05, 4.69) is 20.8 Å². The molecule has 11 heteroatoms. The molecular weight excluding hydrogens is 396 g/mol. The Balaban J connectivity index is 1.61. The van der Waals surface area contributed by atoms with Crippen molar-refractivity contribution in [3.8, 4) is 5.75 Å². The number of tetrazole rings is 1. The van der Waals surface area contributed by atoms with Crippen molar-refractivity contribution in [3.63, 3.8) is 0 Å². The number of methoxy groups -OCH3 is 1. The van der Waals surface area contributed by atoms with Crippen molar-refractivity contribution in [2.24, 2.45) is 0 Å². The fraction of sp³-hybridized carbons (Fsp3) is 0.222. The van der Waals surface area contributed by atoms with Gasteiger partial charge in [0.15, 0.2) is 0 Å². The lowest BCUT2D eigenvalue weighted by Crippen LogP contribution is -2.23. The van der Waals surface area contributed by atoms with E-state index in [9.17, 15) is 14.9 Å². The van der Waals surface area contributed by atoms with Gasteiger partial charge in [-0.3, -0.25) is 14.9 Å². The maximum absolute atomic E-state index is 12.4. The highest BCUT2D eigenvalue weighted by atomic mass is 32.2. The summed E-state index contributed by atoms with van der Waals surface area (Å²) in [5.41, 5.74) is 1.43. The van der Waals surface area contributed by atoms with Gasteiger partial charge in [-0.05, 0) is 47.2 Å². The fourth-order valence-electron chi connectivity index (χ4n) is 2.41. The second-order valence-electron chi connectivity index (χ2n) is 6.02. The molecule has 1 N–H and O–H groups in total. The molecule has 3 aromatic rings. The highest BCUT2D eigenvalue weighted by Gasteiger charge is 2.19. The second-order valence-corrected chi connectivity index (χ2v) is 7.33. The highest BCUT2D eigenvalue weighted by molar-refractivity contribution is 8.00. The lowest BCUT2D eigenvalue weighted by atomic mass is 10.2. The maximum atomic E-state index is 12.4. The number of ether oxygens (including phenoxy) is 1. The number of hydrogen-bond donors (Lipinski definition) is 1. The Morgan fingerprint density at radius 1 is 1.24 bits per heavy atom. The van der Waals surface area contributed by atoms with E-state index < -0.39 is 10.2 Å². The molecule has 3 rings (SSSR count). The minimum absolute atomic E-state index is 0.0388. The van der Waals surface area contributed by atoms with Crippen LogP contribution in [0.25, 0.3) is 0 Å². The Hall–Kier alpha value is -3.47. The van der Waals surface area contributed by atoms with E-state index in [1.165, 1.54) is 36.0 Å². The first-order valence-electron chi connectivity index (χ1n) is 8.57. The Kier molecular flexibility index (Phi) is 6.39. The van der Waals surface area contributed by atoms with Gasteiger partial charge >= 0.3 is 0 Å². The third-order valence-corrected chi connectivity index (χ3v) is 5.06. The second kappa shape index (κ2) is 9.15. The van der Waals surface area contributed by atoms with Crippen LogP contribution in [0.1, 0.15) is 12.5 Å². The molecule has 2 aromatic carbocycles. The summed E-state index contributed by atoms with van der Waals surface area (Å²) in [6, 6.07) is 13.2. The summed E-state index contributed by atoms with van der Waals surface area (Å²) in [6.07, 6.45) is 0. The smallest absolute Gasteiger partial charge is 0.269 e. The van der Waals surface area contributed by atoms with Crippen molar-refractivity contribution in [2.75, 3.05) is 12.4 Å². The fourth-order valence-corrected chi connectivity index (χ4v) is 3.19. The minimum atomic E-state index is -0.493. The largest absolute Gasteiger partial charge is 0.497 e. The van der Waals surface area contributed by atoms with Crippen molar-refractivity contribution in [3.05, 3.63) is 64.2 Å². The molecular formula is C18H18N6O4S. The first-order chi connectivity index (χ1) is 14.0. The van der Waals surface area contributed by atoms with Gasteiger partial charge in [-0.1, -0.05) is 23.9 Å². The Labute approximate surface area is 170 Å². The number of benzene rings is 2. The van der Waals surface area contributed by atoms with Gasteiger partial charge in [0.1, 0.15) is 5.75 Å². The van der Waals surface area contributed by atoms with Gasteiger partial charge in [0.25, 0.3) is 5.69 Å². The number of anilines is 1. The molecule has 0 radical (unpaired) electrons. The van der Waals surface area contributed by atoms with Crippen molar-refractivity contribution in [1.82, 2.24) is 20.2 Å². The summed E-state index contributed by atoms with van der Waals surface area (Å²) >= 11 is 1.22. The summed E-state index contributed by atoms with van der Waals surface area (Å²) in [5, 5.41) is 25.1. The van der Waals surface area contributed by atoms with E-state index in [0.29, 0.717) is 17.4 Å². The zero-order valence-corrected chi connectivity index (χ0v) is 16.5. The standard InChI is InChI=1S/C18H18N6O4S/c1-12(17(25)19-14-5-7-15(8-6-14)24(26)27)29-18-20-21-22-23(18)11-13-3-9-16(28-2)10-4-13/h3-10,12H,11H2,1-2H3,(H,19,25). The van der Waals surface area contributed by atoms with E-state index >= 15 is 0 Å². The van der Waals surface area contributed by atoms with Gasteiger partial charge in [0.05, 0.1) is 23.8 Å². The number of nitrogens with zero attached hydrogens (tertiary/aromatic N) is 5. The summed E-state index contributed by atoms with van der Waals surface area (Å²) in [6.45, 7) is 2.19.